The maximum absolute atomic E-state index is 11.4. The first-order valence-electron chi connectivity index (χ1n) is 9.50. The molecule has 0 aromatic heterocycles. The minimum atomic E-state index is -0.351. The van der Waals surface area contributed by atoms with E-state index in [1.54, 1.807) is 13.2 Å². The van der Waals surface area contributed by atoms with Crippen LogP contribution in [-0.2, 0) is 11.3 Å². The number of hydrogen-bond acceptors (Lipinski definition) is 5. The van der Waals surface area contributed by atoms with E-state index >= 15 is 0 Å². The lowest BCUT2D eigenvalue weighted by atomic mass is 9.88. The Morgan fingerprint density at radius 1 is 1.18 bits per heavy atom. The van der Waals surface area contributed by atoms with Crippen LogP contribution in [0.15, 0.2) is 42.5 Å². The second-order valence-corrected chi connectivity index (χ2v) is 7.19. The lowest BCUT2D eigenvalue weighted by molar-refractivity contribution is -0.122. The zero-order valence-electron chi connectivity index (χ0n) is 15.9. The van der Waals surface area contributed by atoms with E-state index in [4.69, 9.17) is 9.57 Å². The molecule has 0 radical (unpaired) electrons. The Morgan fingerprint density at radius 2 is 1.96 bits per heavy atom. The van der Waals surface area contributed by atoms with E-state index in [-0.39, 0.29) is 11.7 Å². The normalized spacial score (nSPS) is 17.4. The summed E-state index contributed by atoms with van der Waals surface area (Å²) in [6.07, 6.45) is 5.11. The van der Waals surface area contributed by atoms with E-state index in [1.807, 2.05) is 24.3 Å². The van der Waals surface area contributed by atoms with Crippen molar-refractivity contribution in [2.75, 3.05) is 20.2 Å². The molecule has 2 aromatic carbocycles. The molecule has 0 bridgehead atoms. The van der Waals surface area contributed by atoms with Crippen LogP contribution in [0.1, 0.15) is 35.4 Å². The van der Waals surface area contributed by atoms with Crippen molar-refractivity contribution in [3.8, 4) is 17.2 Å². The van der Waals surface area contributed by atoms with Gasteiger partial charge in [-0.1, -0.05) is 30.3 Å². The zero-order chi connectivity index (χ0) is 19.5. The van der Waals surface area contributed by atoms with Crippen LogP contribution in [0.4, 0.5) is 0 Å². The Morgan fingerprint density at radius 3 is 2.75 bits per heavy atom. The van der Waals surface area contributed by atoms with Crippen molar-refractivity contribution in [2.24, 2.45) is 0 Å². The number of amides is 1. The number of rotatable bonds is 4. The lowest BCUT2D eigenvalue weighted by Crippen LogP contribution is -2.32. The van der Waals surface area contributed by atoms with Crippen molar-refractivity contribution in [1.29, 1.82) is 0 Å². The highest BCUT2D eigenvalue weighted by molar-refractivity contribution is 5.92. The third-order valence-electron chi connectivity index (χ3n) is 5.47. The first-order valence-corrected chi connectivity index (χ1v) is 9.50. The number of carbonyl (C=O) groups is 1. The Kier molecular flexibility index (Phi) is 5.21. The molecular weight excluding hydrogens is 356 g/mol. The summed E-state index contributed by atoms with van der Waals surface area (Å²) in [5.74, 6) is 1.46. The molecule has 2 aromatic rings. The molecule has 1 saturated heterocycles. The van der Waals surface area contributed by atoms with E-state index in [2.05, 4.69) is 22.5 Å². The number of likely N-dealkylation sites (tertiary alicyclic amines) is 1. The van der Waals surface area contributed by atoms with Crippen LogP contribution in [0.5, 0.6) is 17.2 Å². The monoisotopic (exact) mass is 380 g/mol. The smallest absolute Gasteiger partial charge is 0.276 e. The number of benzene rings is 2. The van der Waals surface area contributed by atoms with Gasteiger partial charge in [-0.15, -0.1) is 0 Å². The molecule has 2 aliphatic heterocycles. The molecule has 0 atom stereocenters. The Labute approximate surface area is 164 Å². The number of ether oxygens (including phenoxy) is 1. The molecule has 4 rings (SSSR count). The Bertz CT molecular complexity index is 901. The van der Waals surface area contributed by atoms with Crippen LogP contribution in [0, 0.1) is 0 Å². The summed E-state index contributed by atoms with van der Waals surface area (Å²) in [5.41, 5.74) is 5.03. The molecule has 6 heteroatoms. The van der Waals surface area contributed by atoms with Gasteiger partial charge in [0.1, 0.15) is 5.75 Å². The number of para-hydroxylation sites is 1. The summed E-state index contributed by atoms with van der Waals surface area (Å²) >= 11 is 0. The summed E-state index contributed by atoms with van der Waals surface area (Å²) in [7, 11) is 1.72. The quantitative estimate of drug-likeness (QED) is 0.852. The molecule has 0 spiro atoms. The molecule has 0 saturated carbocycles. The van der Waals surface area contributed by atoms with Crippen molar-refractivity contribution < 1.29 is 19.5 Å². The number of carbonyl (C=O) groups excluding carboxylic acids is 1. The van der Waals surface area contributed by atoms with Gasteiger partial charge in [0, 0.05) is 23.7 Å². The van der Waals surface area contributed by atoms with Crippen LogP contribution in [-0.4, -0.2) is 36.1 Å². The fraction of sp³-hybridized carbons (Fsp3) is 0.318. The predicted molar refractivity (Wildman–Crippen MR) is 106 cm³/mol. The van der Waals surface area contributed by atoms with Crippen LogP contribution < -0.4 is 15.1 Å². The topological polar surface area (TPSA) is 71.0 Å². The third-order valence-corrected chi connectivity index (χ3v) is 5.47. The molecule has 146 valence electrons. The van der Waals surface area contributed by atoms with Gasteiger partial charge >= 0.3 is 0 Å². The predicted octanol–water partition coefficient (Wildman–Crippen LogP) is 3.22. The van der Waals surface area contributed by atoms with Gasteiger partial charge in [-0.05, 0) is 49.6 Å². The van der Waals surface area contributed by atoms with Gasteiger partial charge in [0.15, 0.2) is 5.75 Å². The number of nitrogens with one attached hydrogen (secondary N) is 1. The molecule has 2 N–H and O–H groups in total. The van der Waals surface area contributed by atoms with Crippen LogP contribution in [0.25, 0.3) is 6.08 Å². The second kappa shape index (κ2) is 7.94. The number of nitrogens with zero attached hydrogens (tertiary/aromatic N) is 1. The molecular formula is C22H24N2O4. The van der Waals surface area contributed by atoms with E-state index in [0.717, 1.165) is 37.2 Å². The minimum absolute atomic E-state index is 0.0798. The number of piperidine rings is 1. The van der Waals surface area contributed by atoms with Gasteiger partial charge in [-0.2, -0.15) is 5.48 Å². The van der Waals surface area contributed by atoms with Crippen molar-refractivity contribution >= 4 is 12.0 Å². The largest absolute Gasteiger partial charge is 0.504 e. The van der Waals surface area contributed by atoms with E-state index < -0.39 is 0 Å². The fourth-order valence-corrected chi connectivity index (χ4v) is 3.94. The average molecular weight is 380 g/mol. The number of hydrogen-bond donors (Lipinski definition) is 2. The van der Waals surface area contributed by atoms with Crippen LogP contribution in [0.2, 0.25) is 0 Å². The van der Waals surface area contributed by atoms with Crippen LogP contribution >= 0.6 is 0 Å². The number of hydroxylamine groups is 1. The average Bonchev–Trinajstić information content (AvgIpc) is 2.93. The summed E-state index contributed by atoms with van der Waals surface area (Å²) in [6, 6.07) is 12.0. The first kappa shape index (κ1) is 18.4. The number of phenolic OH excluding ortho intramolecular Hbond substituents is 1. The first-order chi connectivity index (χ1) is 13.7. The number of methoxy groups -OCH3 is 1. The van der Waals surface area contributed by atoms with E-state index in [9.17, 15) is 9.90 Å². The molecule has 6 nitrogen and oxygen atoms in total. The summed E-state index contributed by atoms with van der Waals surface area (Å²) in [5, 5.41) is 10.6. The van der Waals surface area contributed by atoms with Crippen molar-refractivity contribution in [3.63, 3.8) is 0 Å². The second-order valence-electron chi connectivity index (χ2n) is 7.19. The molecule has 1 fully saturated rings. The number of phenols is 1. The van der Waals surface area contributed by atoms with Gasteiger partial charge in [0.25, 0.3) is 5.91 Å². The molecule has 2 aliphatic rings. The Hall–Kier alpha value is -2.99. The Balaban J connectivity index is 1.43. The van der Waals surface area contributed by atoms with Crippen molar-refractivity contribution in [1.82, 2.24) is 10.4 Å². The maximum Gasteiger partial charge on any atom is 0.276 e. The van der Waals surface area contributed by atoms with Gasteiger partial charge in [0.05, 0.1) is 7.11 Å². The fourth-order valence-electron chi connectivity index (χ4n) is 3.94. The molecule has 0 aliphatic carbocycles. The highest BCUT2D eigenvalue weighted by Crippen LogP contribution is 2.38. The summed E-state index contributed by atoms with van der Waals surface area (Å²) in [6.45, 7) is 2.52. The standard InChI is InChI=1S/C22H24N2O4/c1-27-19-5-3-2-4-18(19)15-10-12-24(13-11-15)14-17-7-6-16-8-9-20(25)23-28-22(16)21(17)26/h2-9,15,26H,10-14H2,1H3,(H,23,25). The number of fused-ring (bicyclic) bond motifs is 1. The summed E-state index contributed by atoms with van der Waals surface area (Å²) in [4.78, 5) is 19.0. The lowest BCUT2D eigenvalue weighted by Gasteiger charge is -2.33. The SMILES string of the molecule is COc1ccccc1C1CCN(Cc2ccc3c(c2O)ONC(=O)C=C3)CC1. The van der Waals surface area contributed by atoms with Crippen molar-refractivity contribution in [2.45, 2.75) is 25.3 Å². The minimum Gasteiger partial charge on any atom is -0.504 e. The van der Waals surface area contributed by atoms with E-state index in [0.29, 0.717) is 23.8 Å². The summed E-state index contributed by atoms with van der Waals surface area (Å²) < 4.78 is 5.51. The highest BCUT2D eigenvalue weighted by Gasteiger charge is 2.24. The van der Waals surface area contributed by atoms with Crippen molar-refractivity contribution in [3.05, 3.63) is 59.2 Å². The van der Waals surface area contributed by atoms with Gasteiger partial charge < -0.3 is 14.7 Å². The number of aromatic hydroxyl groups is 1. The molecule has 2 heterocycles. The van der Waals surface area contributed by atoms with E-state index in [1.165, 1.54) is 11.6 Å². The van der Waals surface area contributed by atoms with Gasteiger partial charge in [0.2, 0.25) is 5.75 Å². The molecule has 28 heavy (non-hydrogen) atoms. The molecule has 1 amide bonds. The zero-order valence-corrected chi connectivity index (χ0v) is 15.9. The van der Waals surface area contributed by atoms with Gasteiger partial charge in [-0.3, -0.25) is 9.69 Å². The maximum atomic E-state index is 11.4. The van der Waals surface area contributed by atoms with Crippen LogP contribution in [0.3, 0.4) is 0 Å². The highest BCUT2D eigenvalue weighted by atomic mass is 16.7. The molecule has 0 unspecified atom stereocenters. The van der Waals surface area contributed by atoms with Gasteiger partial charge in [-0.25, -0.2) is 0 Å². The third kappa shape index (κ3) is 3.68.